The second kappa shape index (κ2) is 18.8. The van der Waals surface area contributed by atoms with Gasteiger partial charge < -0.3 is 5.32 Å². The van der Waals surface area contributed by atoms with Crippen molar-refractivity contribution in [2.24, 2.45) is 0 Å². The van der Waals surface area contributed by atoms with Crippen molar-refractivity contribution in [3.8, 4) is 0 Å². The van der Waals surface area contributed by atoms with Gasteiger partial charge in [0.1, 0.15) is 0 Å². The van der Waals surface area contributed by atoms with E-state index in [2.05, 4.69) is 12.2 Å². The predicted octanol–water partition coefficient (Wildman–Crippen LogP) is 6.21. The molecule has 0 aliphatic rings. The van der Waals surface area contributed by atoms with Crippen molar-refractivity contribution >= 4 is 17.5 Å². The van der Waals surface area contributed by atoms with Crippen LogP contribution in [-0.2, 0) is 4.79 Å². The van der Waals surface area contributed by atoms with E-state index in [1.807, 2.05) is 0 Å². The maximum absolute atomic E-state index is 11.5. The van der Waals surface area contributed by atoms with E-state index < -0.39 is 0 Å². The molecular formula is C19H38ClNO. The first-order chi connectivity index (χ1) is 10.8. The molecule has 22 heavy (non-hydrogen) atoms. The minimum atomic E-state index is 0.188. The van der Waals surface area contributed by atoms with Gasteiger partial charge in [-0.2, -0.15) is 0 Å². The summed E-state index contributed by atoms with van der Waals surface area (Å²) >= 11 is 5.57. The van der Waals surface area contributed by atoms with E-state index in [0.29, 0.717) is 12.3 Å². The van der Waals surface area contributed by atoms with Crippen molar-refractivity contribution in [2.75, 3.05) is 12.4 Å². The molecule has 0 saturated heterocycles. The minimum absolute atomic E-state index is 0.188. The summed E-state index contributed by atoms with van der Waals surface area (Å²) in [6.07, 6.45) is 19.0. The van der Waals surface area contributed by atoms with Crippen LogP contribution in [0.2, 0.25) is 0 Å². The lowest BCUT2D eigenvalue weighted by atomic mass is 10.0. The summed E-state index contributed by atoms with van der Waals surface area (Å²) in [6, 6.07) is 0. The Morgan fingerprint density at radius 3 is 1.64 bits per heavy atom. The largest absolute Gasteiger partial charge is 0.356 e. The number of rotatable bonds is 17. The summed E-state index contributed by atoms with van der Waals surface area (Å²) in [6.45, 7) is 2.99. The van der Waals surface area contributed by atoms with Crippen molar-refractivity contribution in [1.82, 2.24) is 5.32 Å². The second-order valence-corrected chi connectivity index (χ2v) is 6.76. The Kier molecular flexibility index (Phi) is 18.6. The SMILES string of the molecule is CCCCCCCCCCCCCCCC(=O)NCCCCl. The number of hydrogen-bond acceptors (Lipinski definition) is 1. The van der Waals surface area contributed by atoms with Crippen LogP contribution in [0.3, 0.4) is 0 Å². The maximum Gasteiger partial charge on any atom is 0.219 e. The topological polar surface area (TPSA) is 29.1 Å². The van der Waals surface area contributed by atoms with Crippen molar-refractivity contribution in [3.63, 3.8) is 0 Å². The van der Waals surface area contributed by atoms with Gasteiger partial charge in [-0.25, -0.2) is 0 Å². The number of halogens is 1. The Balaban J connectivity index is 3.06. The molecule has 0 atom stereocenters. The summed E-state index contributed by atoms with van der Waals surface area (Å²) in [5.74, 6) is 0.812. The molecule has 0 fully saturated rings. The standard InChI is InChI=1S/C19H38ClNO/c1-2-3-4-5-6-7-8-9-10-11-12-13-14-16-19(22)21-18-15-17-20/h2-18H2,1H3,(H,21,22). The second-order valence-electron chi connectivity index (χ2n) is 6.39. The highest BCUT2D eigenvalue weighted by Gasteiger charge is 2.00. The summed E-state index contributed by atoms with van der Waals surface area (Å²) < 4.78 is 0. The van der Waals surface area contributed by atoms with Crippen molar-refractivity contribution in [3.05, 3.63) is 0 Å². The van der Waals surface area contributed by atoms with Crippen LogP contribution in [0, 0.1) is 0 Å². The van der Waals surface area contributed by atoms with Gasteiger partial charge in [0.25, 0.3) is 0 Å². The first-order valence-corrected chi connectivity index (χ1v) is 10.2. The van der Waals surface area contributed by atoms with Crippen LogP contribution in [0.4, 0.5) is 0 Å². The van der Waals surface area contributed by atoms with Gasteiger partial charge in [0.05, 0.1) is 0 Å². The lowest BCUT2D eigenvalue weighted by molar-refractivity contribution is -0.121. The minimum Gasteiger partial charge on any atom is -0.356 e. The third kappa shape index (κ3) is 17.8. The molecule has 0 rings (SSSR count). The van der Waals surface area contributed by atoms with Gasteiger partial charge in [0.15, 0.2) is 0 Å². The van der Waals surface area contributed by atoms with Crippen LogP contribution in [0.5, 0.6) is 0 Å². The highest BCUT2D eigenvalue weighted by Crippen LogP contribution is 2.12. The molecule has 0 aromatic heterocycles. The number of carbonyl (C=O) groups excluding carboxylic acids is 1. The monoisotopic (exact) mass is 331 g/mol. The van der Waals surface area contributed by atoms with E-state index in [-0.39, 0.29) is 5.91 Å². The molecule has 0 unspecified atom stereocenters. The molecular weight excluding hydrogens is 294 g/mol. The smallest absolute Gasteiger partial charge is 0.219 e. The van der Waals surface area contributed by atoms with Gasteiger partial charge in [-0.1, -0.05) is 84.0 Å². The quantitative estimate of drug-likeness (QED) is 0.249. The zero-order valence-corrected chi connectivity index (χ0v) is 15.6. The predicted molar refractivity (Wildman–Crippen MR) is 98.7 cm³/mol. The van der Waals surface area contributed by atoms with Gasteiger partial charge in [-0.15, -0.1) is 11.6 Å². The Morgan fingerprint density at radius 2 is 1.18 bits per heavy atom. The third-order valence-electron chi connectivity index (χ3n) is 4.14. The molecule has 132 valence electrons. The van der Waals surface area contributed by atoms with Crippen LogP contribution >= 0.6 is 11.6 Å². The van der Waals surface area contributed by atoms with E-state index >= 15 is 0 Å². The molecule has 0 aromatic carbocycles. The maximum atomic E-state index is 11.5. The van der Waals surface area contributed by atoms with Crippen LogP contribution in [0.1, 0.15) is 103 Å². The highest BCUT2D eigenvalue weighted by molar-refractivity contribution is 6.17. The zero-order chi connectivity index (χ0) is 16.3. The average molecular weight is 332 g/mol. The molecule has 0 bridgehead atoms. The fraction of sp³-hybridized carbons (Fsp3) is 0.947. The molecule has 0 saturated carbocycles. The fourth-order valence-corrected chi connectivity index (χ4v) is 2.82. The number of alkyl halides is 1. The molecule has 1 amide bonds. The van der Waals surface area contributed by atoms with E-state index in [0.717, 1.165) is 19.4 Å². The van der Waals surface area contributed by atoms with Crippen LogP contribution in [-0.4, -0.2) is 18.3 Å². The average Bonchev–Trinajstić information content (AvgIpc) is 2.52. The number of amides is 1. The lowest BCUT2D eigenvalue weighted by Crippen LogP contribution is -2.24. The Hall–Kier alpha value is -0.240. The first-order valence-electron chi connectivity index (χ1n) is 9.64. The van der Waals surface area contributed by atoms with Crippen LogP contribution in [0.15, 0.2) is 0 Å². The van der Waals surface area contributed by atoms with E-state index in [1.54, 1.807) is 0 Å². The molecule has 2 nitrogen and oxygen atoms in total. The fourth-order valence-electron chi connectivity index (χ4n) is 2.69. The van der Waals surface area contributed by atoms with Gasteiger partial charge >= 0.3 is 0 Å². The third-order valence-corrected chi connectivity index (χ3v) is 4.41. The van der Waals surface area contributed by atoms with Crippen molar-refractivity contribution in [1.29, 1.82) is 0 Å². The highest BCUT2D eigenvalue weighted by atomic mass is 35.5. The molecule has 0 heterocycles. The van der Waals surface area contributed by atoms with Gasteiger partial charge in [0, 0.05) is 18.8 Å². The van der Waals surface area contributed by atoms with Crippen molar-refractivity contribution < 1.29 is 4.79 Å². The Labute approximate surface area is 143 Å². The first kappa shape index (κ1) is 21.8. The normalized spacial score (nSPS) is 10.8. The number of unbranched alkanes of at least 4 members (excludes halogenated alkanes) is 12. The molecule has 0 spiro atoms. The van der Waals surface area contributed by atoms with E-state index in [1.165, 1.54) is 77.0 Å². The summed E-state index contributed by atoms with van der Waals surface area (Å²) in [5, 5.41) is 2.90. The zero-order valence-electron chi connectivity index (χ0n) is 14.8. The number of hydrogen-bond donors (Lipinski definition) is 1. The molecule has 0 aliphatic carbocycles. The summed E-state index contributed by atoms with van der Waals surface area (Å²) in [4.78, 5) is 11.5. The molecule has 0 aliphatic heterocycles. The van der Waals surface area contributed by atoms with Gasteiger partial charge in [-0.05, 0) is 12.8 Å². The van der Waals surface area contributed by atoms with E-state index in [4.69, 9.17) is 11.6 Å². The lowest BCUT2D eigenvalue weighted by Gasteiger charge is -2.04. The Bertz CT molecular complexity index is 233. The summed E-state index contributed by atoms with van der Waals surface area (Å²) in [5.41, 5.74) is 0. The molecule has 3 heteroatoms. The summed E-state index contributed by atoms with van der Waals surface area (Å²) in [7, 11) is 0. The number of carbonyl (C=O) groups is 1. The molecule has 1 N–H and O–H groups in total. The van der Waals surface area contributed by atoms with Gasteiger partial charge in [0.2, 0.25) is 5.91 Å². The number of nitrogens with one attached hydrogen (secondary N) is 1. The Morgan fingerprint density at radius 1 is 0.727 bits per heavy atom. The van der Waals surface area contributed by atoms with Crippen LogP contribution in [0.25, 0.3) is 0 Å². The van der Waals surface area contributed by atoms with E-state index in [9.17, 15) is 4.79 Å². The van der Waals surface area contributed by atoms with Gasteiger partial charge in [-0.3, -0.25) is 4.79 Å². The van der Waals surface area contributed by atoms with Crippen LogP contribution < -0.4 is 5.32 Å². The van der Waals surface area contributed by atoms with Crippen molar-refractivity contribution in [2.45, 2.75) is 103 Å². The molecule has 0 radical (unpaired) electrons. The molecule has 0 aromatic rings.